The third kappa shape index (κ3) is 2.46. The molecule has 0 aromatic heterocycles. The molecule has 0 saturated carbocycles. The van der Waals surface area contributed by atoms with E-state index in [1.165, 1.54) is 4.31 Å². The van der Waals surface area contributed by atoms with Crippen LogP contribution in [0.25, 0.3) is 0 Å². The molecular weight excluding hydrogens is 270 g/mol. The van der Waals surface area contributed by atoms with Crippen molar-refractivity contribution in [2.24, 2.45) is 0 Å². The Morgan fingerprint density at radius 2 is 1.94 bits per heavy atom. The lowest BCUT2D eigenvalue weighted by Gasteiger charge is -2.21. The van der Waals surface area contributed by atoms with E-state index >= 15 is 0 Å². The highest BCUT2D eigenvalue weighted by Crippen LogP contribution is 2.27. The lowest BCUT2D eigenvalue weighted by molar-refractivity contribution is -0.113. The van der Waals surface area contributed by atoms with E-state index in [4.69, 9.17) is 0 Å². The SMILES string of the molecule is Cc1ccc(S(=O)(=O)N2CCCC2C(=O)S)cc1. The number of carbonyl (C=O) groups excluding carboxylic acids is 1. The van der Waals surface area contributed by atoms with Gasteiger partial charge in [-0.1, -0.05) is 17.7 Å². The number of carbonyl (C=O) groups is 1. The van der Waals surface area contributed by atoms with Crippen LogP contribution in [0.3, 0.4) is 0 Å². The maximum absolute atomic E-state index is 12.4. The Labute approximate surface area is 112 Å². The zero-order valence-electron chi connectivity index (χ0n) is 10.0. The van der Waals surface area contributed by atoms with Crippen LogP contribution < -0.4 is 0 Å². The van der Waals surface area contributed by atoms with E-state index in [1.54, 1.807) is 24.3 Å². The van der Waals surface area contributed by atoms with Gasteiger partial charge in [-0.3, -0.25) is 4.79 Å². The molecule has 18 heavy (non-hydrogen) atoms. The third-order valence-electron chi connectivity index (χ3n) is 3.12. The first-order valence-corrected chi connectivity index (χ1v) is 7.63. The number of nitrogens with zero attached hydrogens (tertiary/aromatic N) is 1. The molecule has 1 aliphatic heterocycles. The fraction of sp³-hybridized carbons (Fsp3) is 0.417. The van der Waals surface area contributed by atoms with Gasteiger partial charge in [0.05, 0.1) is 10.9 Å². The molecule has 98 valence electrons. The van der Waals surface area contributed by atoms with Crippen LogP contribution in [0.1, 0.15) is 18.4 Å². The second-order valence-electron chi connectivity index (χ2n) is 4.43. The number of hydrogen-bond acceptors (Lipinski definition) is 3. The molecule has 2 rings (SSSR count). The van der Waals surface area contributed by atoms with Gasteiger partial charge in [-0.2, -0.15) is 4.31 Å². The van der Waals surface area contributed by atoms with E-state index in [1.807, 2.05) is 6.92 Å². The molecule has 0 amide bonds. The van der Waals surface area contributed by atoms with Crippen LogP contribution in [0.15, 0.2) is 29.2 Å². The molecule has 0 spiro atoms. The van der Waals surface area contributed by atoms with Gasteiger partial charge >= 0.3 is 0 Å². The van der Waals surface area contributed by atoms with Crippen molar-refractivity contribution >= 4 is 27.8 Å². The standard InChI is InChI=1S/C12H15NO3S2/c1-9-4-6-10(7-5-9)18(15,16)13-8-2-3-11(13)12(14)17/h4-7,11H,2-3,8H2,1H3,(H,14,17). The molecule has 1 fully saturated rings. The molecule has 1 atom stereocenters. The van der Waals surface area contributed by atoms with E-state index in [9.17, 15) is 13.2 Å². The molecule has 0 aliphatic carbocycles. The van der Waals surface area contributed by atoms with Crippen LogP contribution in [0.4, 0.5) is 0 Å². The minimum Gasteiger partial charge on any atom is -0.286 e. The summed E-state index contributed by atoms with van der Waals surface area (Å²) in [5.41, 5.74) is 0.997. The minimum atomic E-state index is -3.59. The highest BCUT2D eigenvalue weighted by Gasteiger charge is 2.38. The van der Waals surface area contributed by atoms with E-state index in [0.717, 1.165) is 5.56 Å². The van der Waals surface area contributed by atoms with Crippen LogP contribution in [0, 0.1) is 6.92 Å². The molecule has 1 aromatic carbocycles. The third-order valence-corrected chi connectivity index (χ3v) is 5.34. The minimum absolute atomic E-state index is 0.231. The van der Waals surface area contributed by atoms with Crippen molar-refractivity contribution in [1.82, 2.24) is 4.31 Å². The van der Waals surface area contributed by atoms with Gasteiger partial charge < -0.3 is 0 Å². The lowest BCUT2D eigenvalue weighted by Crippen LogP contribution is -2.38. The van der Waals surface area contributed by atoms with Gasteiger partial charge in [-0.25, -0.2) is 8.42 Å². The van der Waals surface area contributed by atoms with E-state index in [2.05, 4.69) is 12.6 Å². The van der Waals surface area contributed by atoms with Crippen LogP contribution in [-0.2, 0) is 14.8 Å². The van der Waals surface area contributed by atoms with Crippen LogP contribution in [0.2, 0.25) is 0 Å². The van der Waals surface area contributed by atoms with Crippen LogP contribution in [-0.4, -0.2) is 30.4 Å². The smallest absolute Gasteiger partial charge is 0.243 e. The molecule has 0 N–H and O–H groups in total. The highest BCUT2D eigenvalue weighted by molar-refractivity contribution is 7.97. The first-order chi connectivity index (χ1) is 8.43. The second kappa shape index (κ2) is 5.03. The summed E-state index contributed by atoms with van der Waals surface area (Å²) in [5.74, 6) is 0. The summed E-state index contributed by atoms with van der Waals surface area (Å²) in [6, 6.07) is 6.02. The van der Waals surface area contributed by atoms with Crippen molar-refractivity contribution in [3.63, 3.8) is 0 Å². The summed E-state index contributed by atoms with van der Waals surface area (Å²) >= 11 is 3.77. The average Bonchev–Trinajstić information content (AvgIpc) is 2.79. The maximum atomic E-state index is 12.4. The molecule has 1 unspecified atom stereocenters. The van der Waals surface area contributed by atoms with Crippen molar-refractivity contribution in [1.29, 1.82) is 0 Å². The molecule has 1 aromatic rings. The normalized spacial score (nSPS) is 21.1. The van der Waals surface area contributed by atoms with Gasteiger partial charge in [-0.15, -0.1) is 12.6 Å². The van der Waals surface area contributed by atoms with Crippen molar-refractivity contribution in [2.75, 3.05) is 6.54 Å². The number of thiol groups is 1. The molecule has 1 heterocycles. The summed E-state index contributed by atoms with van der Waals surface area (Å²) in [4.78, 5) is 11.6. The van der Waals surface area contributed by atoms with Gasteiger partial charge in [0.15, 0.2) is 0 Å². The summed E-state index contributed by atoms with van der Waals surface area (Å²) in [7, 11) is -3.59. The molecule has 0 bridgehead atoms. The van der Waals surface area contributed by atoms with Crippen LogP contribution in [0.5, 0.6) is 0 Å². The molecule has 1 aliphatic rings. The number of benzene rings is 1. The fourth-order valence-corrected chi connectivity index (χ4v) is 4.12. The predicted molar refractivity (Wildman–Crippen MR) is 72.1 cm³/mol. The first kappa shape index (κ1) is 13.6. The second-order valence-corrected chi connectivity index (χ2v) is 6.76. The van der Waals surface area contributed by atoms with Gasteiger partial charge in [0, 0.05) is 6.54 Å². The largest absolute Gasteiger partial charge is 0.286 e. The molecule has 0 radical (unpaired) electrons. The predicted octanol–water partition coefficient (Wildman–Crippen LogP) is 1.60. The Morgan fingerprint density at radius 3 is 2.50 bits per heavy atom. The van der Waals surface area contributed by atoms with Gasteiger partial charge in [-0.05, 0) is 31.9 Å². The van der Waals surface area contributed by atoms with Gasteiger partial charge in [0.1, 0.15) is 0 Å². The van der Waals surface area contributed by atoms with Crippen molar-refractivity contribution < 1.29 is 13.2 Å². The van der Waals surface area contributed by atoms with E-state index in [-0.39, 0.29) is 10.0 Å². The average molecular weight is 285 g/mol. The van der Waals surface area contributed by atoms with Crippen LogP contribution >= 0.6 is 12.6 Å². The van der Waals surface area contributed by atoms with E-state index < -0.39 is 16.1 Å². The molecule has 6 heteroatoms. The maximum Gasteiger partial charge on any atom is 0.243 e. The number of hydrogen-bond donors (Lipinski definition) is 1. The van der Waals surface area contributed by atoms with E-state index in [0.29, 0.717) is 19.4 Å². The number of sulfonamides is 1. The lowest BCUT2D eigenvalue weighted by atomic mass is 10.2. The number of aryl methyl sites for hydroxylation is 1. The first-order valence-electron chi connectivity index (χ1n) is 5.74. The molecule has 1 saturated heterocycles. The Morgan fingerprint density at radius 1 is 1.33 bits per heavy atom. The zero-order valence-corrected chi connectivity index (χ0v) is 11.7. The Hall–Kier alpha value is -0.850. The topological polar surface area (TPSA) is 54.5 Å². The number of rotatable bonds is 3. The zero-order chi connectivity index (χ0) is 13.3. The van der Waals surface area contributed by atoms with Crippen molar-refractivity contribution in [3.8, 4) is 0 Å². The molecule has 4 nitrogen and oxygen atoms in total. The Kier molecular flexibility index (Phi) is 3.79. The Bertz CT molecular complexity index is 551. The van der Waals surface area contributed by atoms with Crippen molar-refractivity contribution in [2.45, 2.75) is 30.7 Å². The summed E-state index contributed by atoms with van der Waals surface area (Å²) in [6.07, 6.45) is 1.25. The van der Waals surface area contributed by atoms with Crippen molar-refractivity contribution in [3.05, 3.63) is 29.8 Å². The quantitative estimate of drug-likeness (QED) is 0.858. The Balaban J connectivity index is 2.36. The fourth-order valence-electron chi connectivity index (χ4n) is 2.12. The van der Waals surface area contributed by atoms with Gasteiger partial charge in [0.2, 0.25) is 15.1 Å². The summed E-state index contributed by atoms with van der Waals surface area (Å²) < 4.78 is 26.1. The highest BCUT2D eigenvalue weighted by atomic mass is 32.2. The monoisotopic (exact) mass is 285 g/mol. The summed E-state index contributed by atoms with van der Waals surface area (Å²) in [5, 5.41) is -0.386. The summed E-state index contributed by atoms with van der Waals surface area (Å²) in [6.45, 7) is 2.28. The molecular formula is C12H15NO3S2. The van der Waals surface area contributed by atoms with Gasteiger partial charge in [0.25, 0.3) is 0 Å².